The molecule has 0 unspecified atom stereocenters. The van der Waals surface area contributed by atoms with Gasteiger partial charge in [0.05, 0.1) is 5.02 Å². The van der Waals surface area contributed by atoms with E-state index in [1.54, 1.807) is 0 Å². The first kappa shape index (κ1) is 11.0. The summed E-state index contributed by atoms with van der Waals surface area (Å²) in [6, 6.07) is 1.41. The Kier molecular flexibility index (Phi) is 3.35. The van der Waals surface area contributed by atoms with Crippen LogP contribution in [-0.2, 0) is 0 Å². The number of halogens is 3. The minimum absolute atomic E-state index is 0.173. The lowest BCUT2D eigenvalue weighted by Gasteiger charge is -2.08. The number of hydrogen-bond acceptors (Lipinski definition) is 2. The predicted molar refractivity (Wildman–Crippen MR) is 53.7 cm³/mol. The van der Waals surface area contributed by atoms with Gasteiger partial charge in [-0.15, -0.1) is 0 Å². The van der Waals surface area contributed by atoms with Crippen LogP contribution in [-0.4, -0.2) is 17.2 Å². The normalized spacial score (nSPS) is 10.3. The fraction of sp³-hybridized carbons (Fsp3) is 0.143. The summed E-state index contributed by atoms with van der Waals surface area (Å²) in [6.07, 6.45) is 0. The van der Waals surface area contributed by atoms with Gasteiger partial charge in [0.2, 0.25) is 0 Å². The van der Waals surface area contributed by atoms with Crippen LogP contribution in [0.2, 0.25) is 5.02 Å². The molecule has 0 bridgehead atoms. The Bertz CT molecular complexity index is 320. The van der Waals surface area contributed by atoms with Gasteiger partial charge in [0, 0.05) is 9.94 Å². The van der Waals surface area contributed by atoms with Crippen LogP contribution in [0.25, 0.3) is 0 Å². The SMILES string of the molecule is Cc1cc(Cl)c(Br)c(B(O)O)c1F. The molecule has 1 aromatic carbocycles. The maximum Gasteiger partial charge on any atom is 0.492 e. The molecule has 0 saturated carbocycles. The van der Waals surface area contributed by atoms with Gasteiger partial charge in [-0.2, -0.15) is 0 Å². The molecule has 0 heterocycles. The third kappa shape index (κ3) is 2.04. The van der Waals surface area contributed by atoms with Crippen molar-refractivity contribution in [3.63, 3.8) is 0 Å². The first-order valence-electron chi connectivity index (χ1n) is 3.45. The minimum atomic E-state index is -1.87. The first-order valence-corrected chi connectivity index (χ1v) is 4.62. The van der Waals surface area contributed by atoms with Crippen LogP contribution in [0.4, 0.5) is 4.39 Å². The van der Waals surface area contributed by atoms with Gasteiger partial charge in [0.25, 0.3) is 0 Å². The molecule has 2 N–H and O–H groups in total. The number of aryl methyl sites for hydroxylation is 1. The molecule has 0 atom stereocenters. The lowest BCUT2D eigenvalue weighted by molar-refractivity contribution is 0.422. The van der Waals surface area contributed by atoms with E-state index in [1.807, 2.05) is 0 Å². The van der Waals surface area contributed by atoms with Crippen LogP contribution >= 0.6 is 27.5 Å². The molecule has 0 saturated heterocycles. The standard InChI is InChI=1S/C7H6BBrClFO2/c1-3-2-4(10)6(9)5(7(3)11)8(12)13/h2,12-13H,1H3. The zero-order valence-electron chi connectivity index (χ0n) is 6.68. The van der Waals surface area contributed by atoms with Crippen molar-refractivity contribution in [1.82, 2.24) is 0 Å². The van der Waals surface area contributed by atoms with Crippen molar-refractivity contribution in [1.29, 1.82) is 0 Å². The molecular formula is C7H6BBrClFO2. The quantitative estimate of drug-likeness (QED) is 0.593. The summed E-state index contributed by atoms with van der Waals surface area (Å²) in [5.41, 5.74) is 0.0429. The van der Waals surface area contributed by atoms with Crippen LogP contribution in [0, 0.1) is 12.7 Å². The monoisotopic (exact) mass is 266 g/mol. The molecular weight excluding hydrogens is 261 g/mol. The highest BCUT2D eigenvalue weighted by Gasteiger charge is 2.23. The van der Waals surface area contributed by atoms with E-state index in [0.29, 0.717) is 0 Å². The fourth-order valence-corrected chi connectivity index (χ4v) is 1.74. The van der Waals surface area contributed by atoms with Crippen LogP contribution < -0.4 is 5.46 Å². The molecule has 70 valence electrons. The van der Waals surface area contributed by atoms with E-state index < -0.39 is 12.9 Å². The second-order valence-corrected chi connectivity index (χ2v) is 3.79. The third-order valence-electron chi connectivity index (χ3n) is 1.63. The van der Waals surface area contributed by atoms with E-state index in [-0.39, 0.29) is 20.5 Å². The maximum atomic E-state index is 13.3. The summed E-state index contributed by atoms with van der Waals surface area (Å²) in [4.78, 5) is 0. The molecule has 0 aliphatic rings. The van der Waals surface area contributed by atoms with Crippen LogP contribution in [0.3, 0.4) is 0 Å². The molecule has 0 spiro atoms. The van der Waals surface area contributed by atoms with Gasteiger partial charge in [-0.3, -0.25) is 0 Å². The minimum Gasteiger partial charge on any atom is -0.423 e. The van der Waals surface area contributed by atoms with Crippen molar-refractivity contribution >= 4 is 40.1 Å². The van der Waals surface area contributed by atoms with E-state index in [9.17, 15) is 4.39 Å². The largest absolute Gasteiger partial charge is 0.492 e. The Hall–Kier alpha value is -0.0951. The number of benzene rings is 1. The summed E-state index contributed by atoms with van der Waals surface area (Å²) in [6.45, 7) is 1.50. The first-order chi connectivity index (χ1) is 5.95. The molecule has 6 heteroatoms. The lowest BCUT2D eigenvalue weighted by atomic mass is 9.79. The molecule has 0 aromatic heterocycles. The highest BCUT2D eigenvalue weighted by molar-refractivity contribution is 9.10. The van der Waals surface area contributed by atoms with E-state index in [4.69, 9.17) is 21.6 Å². The molecule has 0 aliphatic heterocycles. The Morgan fingerprint density at radius 1 is 1.54 bits per heavy atom. The van der Waals surface area contributed by atoms with Gasteiger partial charge in [-0.25, -0.2) is 4.39 Å². The summed E-state index contributed by atoms with van der Waals surface area (Å²) < 4.78 is 13.5. The lowest BCUT2D eigenvalue weighted by Crippen LogP contribution is -2.34. The number of hydrogen-bond donors (Lipinski definition) is 2. The van der Waals surface area contributed by atoms with Crippen LogP contribution in [0.1, 0.15) is 5.56 Å². The molecule has 1 aromatic rings. The van der Waals surface area contributed by atoms with Gasteiger partial charge in [0.15, 0.2) is 0 Å². The second-order valence-electron chi connectivity index (χ2n) is 2.59. The molecule has 2 nitrogen and oxygen atoms in total. The zero-order valence-corrected chi connectivity index (χ0v) is 9.02. The maximum absolute atomic E-state index is 13.3. The summed E-state index contributed by atoms with van der Waals surface area (Å²) in [7, 11) is -1.87. The fourth-order valence-electron chi connectivity index (χ4n) is 0.981. The Balaban J connectivity index is 3.46. The summed E-state index contributed by atoms with van der Waals surface area (Å²) >= 11 is 8.67. The molecule has 0 aliphatic carbocycles. The smallest absolute Gasteiger partial charge is 0.423 e. The van der Waals surface area contributed by atoms with Crippen molar-refractivity contribution in [3.05, 3.63) is 26.9 Å². The van der Waals surface area contributed by atoms with Gasteiger partial charge >= 0.3 is 7.12 Å². The highest BCUT2D eigenvalue weighted by atomic mass is 79.9. The van der Waals surface area contributed by atoms with Crippen molar-refractivity contribution in [2.45, 2.75) is 6.92 Å². The third-order valence-corrected chi connectivity index (χ3v) is 3.01. The van der Waals surface area contributed by atoms with Crippen LogP contribution in [0.5, 0.6) is 0 Å². The van der Waals surface area contributed by atoms with E-state index in [0.717, 1.165) is 0 Å². The van der Waals surface area contributed by atoms with Crippen molar-refractivity contribution < 1.29 is 14.4 Å². The van der Waals surface area contributed by atoms with Crippen molar-refractivity contribution in [3.8, 4) is 0 Å². The Morgan fingerprint density at radius 3 is 2.54 bits per heavy atom. The average molecular weight is 267 g/mol. The Labute approximate surface area is 88.6 Å². The summed E-state index contributed by atoms with van der Waals surface area (Å²) in [5, 5.41) is 18.0. The predicted octanol–water partition coefficient (Wildman–Crippen LogP) is 1.23. The number of rotatable bonds is 1. The molecule has 0 fully saturated rings. The topological polar surface area (TPSA) is 40.5 Å². The van der Waals surface area contributed by atoms with Crippen molar-refractivity contribution in [2.24, 2.45) is 0 Å². The average Bonchev–Trinajstić information content (AvgIpc) is 2.01. The van der Waals surface area contributed by atoms with E-state index >= 15 is 0 Å². The van der Waals surface area contributed by atoms with Gasteiger partial charge < -0.3 is 10.0 Å². The highest BCUT2D eigenvalue weighted by Crippen LogP contribution is 2.23. The van der Waals surface area contributed by atoms with Gasteiger partial charge in [-0.1, -0.05) is 11.6 Å². The van der Waals surface area contributed by atoms with Gasteiger partial charge in [-0.05, 0) is 34.5 Å². The molecule has 1 rings (SSSR count). The van der Waals surface area contributed by atoms with Gasteiger partial charge in [0.1, 0.15) is 5.82 Å². The van der Waals surface area contributed by atoms with Crippen molar-refractivity contribution in [2.75, 3.05) is 0 Å². The molecule has 0 amide bonds. The second kappa shape index (κ2) is 3.96. The van der Waals surface area contributed by atoms with E-state index in [1.165, 1.54) is 13.0 Å². The zero-order chi connectivity index (χ0) is 10.2. The molecule has 0 radical (unpaired) electrons. The Morgan fingerprint density at radius 2 is 2.08 bits per heavy atom. The summed E-state index contributed by atoms with van der Waals surface area (Å²) in [5.74, 6) is -0.661. The van der Waals surface area contributed by atoms with Crippen LogP contribution in [0.15, 0.2) is 10.5 Å². The molecule has 13 heavy (non-hydrogen) atoms. The van der Waals surface area contributed by atoms with E-state index in [2.05, 4.69) is 15.9 Å².